The summed E-state index contributed by atoms with van der Waals surface area (Å²) in [4.78, 5) is 0. The maximum absolute atomic E-state index is 11.0. The number of sulfone groups is 1. The van der Waals surface area contributed by atoms with Gasteiger partial charge in [0.15, 0.2) is 0 Å². The average molecular weight is 299 g/mol. The molecule has 0 aromatic rings. The maximum Gasteiger partial charge on any atom is 0.147 e. The summed E-state index contributed by atoms with van der Waals surface area (Å²) in [7, 11) is -2.81. The summed E-state index contributed by atoms with van der Waals surface area (Å²) in [5.41, 5.74) is 0.267. The number of hydrogen-bond donors (Lipinski definition) is 0. The molecule has 3 nitrogen and oxygen atoms in total. The largest absolute Gasteiger partial charge is 0.381 e. The van der Waals surface area contributed by atoms with Crippen molar-refractivity contribution in [3.63, 3.8) is 0 Å². The minimum atomic E-state index is -2.81. The molecular weight excluding hydrogens is 280 g/mol. The van der Waals surface area contributed by atoms with Crippen molar-refractivity contribution in [2.75, 3.05) is 30.6 Å². The quantitative estimate of drug-likeness (QED) is 0.729. The third-order valence-corrected chi connectivity index (χ3v) is 5.28. The van der Waals surface area contributed by atoms with Crippen molar-refractivity contribution in [1.29, 1.82) is 0 Å². The molecule has 90 valence electrons. The van der Waals surface area contributed by atoms with E-state index in [0.717, 1.165) is 44.2 Å². The highest BCUT2D eigenvalue weighted by atomic mass is 79.9. The standard InChI is InChI=1S/C10H19BrO3S/c1-15(12,13)8-2-3-10(9-11)4-6-14-7-5-10/h2-9H2,1H3. The van der Waals surface area contributed by atoms with Crippen molar-refractivity contribution in [3.8, 4) is 0 Å². The Morgan fingerprint density at radius 3 is 2.40 bits per heavy atom. The van der Waals surface area contributed by atoms with E-state index in [4.69, 9.17) is 4.74 Å². The summed E-state index contributed by atoms with van der Waals surface area (Å²) in [6.45, 7) is 1.62. The molecule has 1 aliphatic heterocycles. The molecule has 0 aromatic heterocycles. The van der Waals surface area contributed by atoms with Crippen molar-refractivity contribution in [1.82, 2.24) is 0 Å². The van der Waals surface area contributed by atoms with E-state index in [0.29, 0.717) is 5.75 Å². The summed E-state index contributed by atoms with van der Waals surface area (Å²) in [5, 5.41) is 0.952. The molecule has 15 heavy (non-hydrogen) atoms. The smallest absolute Gasteiger partial charge is 0.147 e. The first-order chi connectivity index (χ1) is 6.97. The van der Waals surface area contributed by atoms with Crippen LogP contribution in [0.3, 0.4) is 0 Å². The van der Waals surface area contributed by atoms with Gasteiger partial charge >= 0.3 is 0 Å². The van der Waals surface area contributed by atoms with Crippen LogP contribution in [0.2, 0.25) is 0 Å². The van der Waals surface area contributed by atoms with Gasteiger partial charge in [0.05, 0.1) is 0 Å². The van der Waals surface area contributed by atoms with E-state index in [1.807, 2.05) is 0 Å². The highest BCUT2D eigenvalue weighted by molar-refractivity contribution is 9.09. The normalized spacial score (nSPS) is 21.5. The van der Waals surface area contributed by atoms with E-state index >= 15 is 0 Å². The van der Waals surface area contributed by atoms with Crippen LogP contribution in [0.5, 0.6) is 0 Å². The molecule has 1 heterocycles. The van der Waals surface area contributed by atoms with Gasteiger partial charge in [0.2, 0.25) is 0 Å². The Hall–Kier alpha value is 0.390. The zero-order chi connectivity index (χ0) is 11.4. The zero-order valence-corrected chi connectivity index (χ0v) is 11.6. The lowest BCUT2D eigenvalue weighted by Gasteiger charge is -2.35. The maximum atomic E-state index is 11.0. The number of alkyl halides is 1. The molecule has 1 fully saturated rings. The Balaban J connectivity index is 2.39. The first-order valence-electron chi connectivity index (χ1n) is 5.29. The van der Waals surface area contributed by atoms with Gasteiger partial charge in [-0.1, -0.05) is 15.9 Å². The van der Waals surface area contributed by atoms with Crippen molar-refractivity contribution in [2.45, 2.75) is 25.7 Å². The monoisotopic (exact) mass is 298 g/mol. The van der Waals surface area contributed by atoms with Crippen LogP contribution in [0.25, 0.3) is 0 Å². The van der Waals surface area contributed by atoms with Crippen molar-refractivity contribution < 1.29 is 13.2 Å². The Morgan fingerprint density at radius 2 is 1.93 bits per heavy atom. The molecule has 5 heteroatoms. The van der Waals surface area contributed by atoms with Crippen LogP contribution in [0.4, 0.5) is 0 Å². The summed E-state index contributed by atoms with van der Waals surface area (Å²) < 4.78 is 27.4. The highest BCUT2D eigenvalue weighted by Crippen LogP contribution is 2.37. The second-order valence-electron chi connectivity index (χ2n) is 4.48. The Bertz CT molecular complexity index is 281. The molecule has 0 bridgehead atoms. The Kier molecular flexibility index (Phi) is 5.06. The minimum Gasteiger partial charge on any atom is -0.381 e. The second-order valence-corrected chi connectivity index (χ2v) is 7.30. The van der Waals surface area contributed by atoms with Crippen LogP contribution in [-0.4, -0.2) is 39.0 Å². The number of halogens is 1. The van der Waals surface area contributed by atoms with E-state index in [2.05, 4.69) is 15.9 Å². The zero-order valence-electron chi connectivity index (χ0n) is 9.17. The van der Waals surface area contributed by atoms with Crippen molar-refractivity contribution >= 4 is 25.8 Å². The summed E-state index contributed by atoms with van der Waals surface area (Å²) in [6, 6.07) is 0. The molecule has 0 radical (unpaired) electrons. The molecule has 0 saturated carbocycles. The topological polar surface area (TPSA) is 43.4 Å². The van der Waals surface area contributed by atoms with Crippen LogP contribution in [0.15, 0.2) is 0 Å². The molecule has 0 atom stereocenters. The van der Waals surface area contributed by atoms with E-state index < -0.39 is 9.84 Å². The van der Waals surface area contributed by atoms with Crippen molar-refractivity contribution in [2.24, 2.45) is 5.41 Å². The van der Waals surface area contributed by atoms with Crippen LogP contribution >= 0.6 is 15.9 Å². The molecule has 1 saturated heterocycles. The van der Waals surface area contributed by atoms with Gasteiger partial charge in [-0.3, -0.25) is 0 Å². The summed E-state index contributed by atoms with van der Waals surface area (Å²) in [6.07, 6.45) is 5.14. The average Bonchev–Trinajstić information content (AvgIpc) is 2.17. The molecule has 0 unspecified atom stereocenters. The van der Waals surface area contributed by atoms with Crippen LogP contribution in [0.1, 0.15) is 25.7 Å². The molecule has 0 aromatic carbocycles. The molecule has 0 amide bonds. The molecule has 0 spiro atoms. The summed E-state index contributed by atoms with van der Waals surface area (Å²) in [5.74, 6) is 0.308. The first kappa shape index (κ1) is 13.5. The third kappa shape index (κ3) is 4.83. The molecule has 0 aliphatic carbocycles. The van der Waals surface area contributed by atoms with Gasteiger partial charge in [0.1, 0.15) is 9.84 Å². The van der Waals surface area contributed by atoms with Gasteiger partial charge in [-0.15, -0.1) is 0 Å². The fourth-order valence-electron chi connectivity index (χ4n) is 1.96. The van der Waals surface area contributed by atoms with E-state index in [9.17, 15) is 8.42 Å². The number of ether oxygens (including phenoxy) is 1. The highest BCUT2D eigenvalue weighted by Gasteiger charge is 2.31. The van der Waals surface area contributed by atoms with E-state index in [-0.39, 0.29) is 5.41 Å². The molecule has 1 rings (SSSR count). The van der Waals surface area contributed by atoms with Crippen LogP contribution in [0, 0.1) is 5.41 Å². The van der Waals surface area contributed by atoms with E-state index in [1.54, 1.807) is 0 Å². The fraction of sp³-hybridized carbons (Fsp3) is 1.00. The van der Waals surface area contributed by atoms with Gasteiger partial charge in [-0.2, -0.15) is 0 Å². The van der Waals surface area contributed by atoms with Crippen LogP contribution < -0.4 is 0 Å². The molecular formula is C10H19BrO3S. The van der Waals surface area contributed by atoms with Gasteiger partial charge in [-0.25, -0.2) is 8.42 Å². The molecule has 1 aliphatic rings. The minimum absolute atomic E-state index is 0.267. The van der Waals surface area contributed by atoms with Crippen LogP contribution in [-0.2, 0) is 14.6 Å². The van der Waals surface area contributed by atoms with Gasteiger partial charge in [0, 0.05) is 30.6 Å². The lowest BCUT2D eigenvalue weighted by atomic mass is 9.78. The predicted octanol–water partition coefficient (Wildman–Crippen LogP) is 2.00. The lowest BCUT2D eigenvalue weighted by Crippen LogP contribution is -2.31. The van der Waals surface area contributed by atoms with Crippen molar-refractivity contribution in [3.05, 3.63) is 0 Å². The lowest BCUT2D eigenvalue weighted by molar-refractivity contribution is 0.0226. The summed E-state index contributed by atoms with van der Waals surface area (Å²) >= 11 is 3.54. The predicted molar refractivity (Wildman–Crippen MR) is 65.2 cm³/mol. The Morgan fingerprint density at radius 1 is 1.33 bits per heavy atom. The van der Waals surface area contributed by atoms with Gasteiger partial charge in [0.25, 0.3) is 0 Å². The second kappa shape index (κ2) is 5.64. The first-order valence-corrected chi connectivity index (χ1v) is 8.47. The van der Waals surface area contributed by atoms with Gasteiger partial charge < -0.3 is 4.74 Å². The molecule has 0 N–H and O–H groups in total. The van der Waals surface area contributed by atoms with Gasteiger partial charge in [-0.05, 0) is 31.1 Å². The third-order valence-electron chi connectivity index (χ3n) is 3.06. The number of rotatable bonds is 5. The Labute approximate surface area is 101 Å². The number of hydrogen-bond acceptors (Lipinski definition) is 3. The van der Waals surface area contributed by atoms with E-state index in [1.165, 1.54) is 6.26 Å². The SMILES string of the molecule is CS(=O)(=O)CCCC1(CBr)CCOCC1. The fourth-order valence-corrected chi connectivity index (χ4v) is 3.47.